The van der Waals surface area contributed by atoms with E-state index in [-0.39, 0.29) is 50.3 Å². The van der Waals surface area contributed by atoms with E-state index in [0.29, 0.717) is 12.8 Å². The Kier molecular flexibility index (Phi) is 38.1. The molecule has 0 fully saturated rings. The van der Waals surface area contributed by atoms with E-state index < -0.39 is 14.6 Å². The van der Waals surface area contributed by atoms with E-state index in [2.05, 4.69) is 52.3 Å². The fourth-order valence-electron chi connectivity index (χ4n) is 6.65. The van der Waals surface area contributed by atoms with Gasteiger partial charge in [0.2, 0.25) is 0 Å². The van der Waals surface area contributed by atoms with Crippen LogP contribution in [0.1, 0.15) is 228 Å². The van der Waals surface area contributed by atoms with Crippen LogP contribution in [-0.4, -0.2) is 54.6 Å². The molecular weight excluding hydrogens is 683 g/mol. The topological polar surface area (TPSA) is 98.1 Å². The second kappa shape index (κ2) is 39.0. The highest BCUT2D eigenvalue weighted by atomic mass is 31.2. The molecule has 0 aliphatic carbocycles. The van der Waals surface area contributed by atoms with Crippen molar-refractivity contribution in [3.05, 3.63) is 0 Å². The van der Waals surface area contributed by atoms with Gasteiger partial charge in [0, 0.05) is 24.9 Å². The third-order valence-electron chi connectivity index (χ3n) is 9.73. The SMILES string of the molecule is CCCCCCCCCCCCCCCC(=O)OCC(COP(OCCC#N)N(C(C)C)C(C)C)OC(=O)CCCCCCCCCCCCCCC. The Bertz CT molecular complexity index is 859. The fourth-order valence-corrected chi connectivity index (χ4v) is 8.29. The first-order chi connectivity index (χ1) is 25.8. The lowest BCUT2D eigenvalue weighted by Crippen LogP contribution is -2.35. The molecule has 312 valence electrons. The van der Waals surface area contributed by atoms with Gasteiger partial charge in [-0.15, -0.1) is 0 Å². The Balaban J connectivity index is 4.69. The Morgan fingerprint density at radius 3 is 1.30 bits per heavy atom. The van der Waals surface area contributed by atoms with Crippen molar-refractivity contribution in [3.63, 3.8) is 0 Å². The predicted octanol–water partition coefficient (Wildman–Crippen LogP) is 13.7. The zero-order chi connectivity index (χ0) is 39.2. The van der Waals surface area contributed by atoms with E-state index in [9.17, 15) is 9.59 Å². The van der Waals surface area contributed by atoms with E-state index in [1.54, 1.807) is 0 Å². The van der Waals surface area contributed by atoms with E-state index >= 15 is 0 Å². The first-order valence-electron chi connectivity index (χ1n) is 22.3. The summed E-state index contributed by atoms with van der Waals surface area (Å²) < 4.78 is 25.9. The molecule has 9 heteroatoms. The molecule has 2 unspecified atom stereocenters. The molecule has 0 spiro atoms. The number of nitrogens with zero attached hydrogens (tertiary/aromatic N) is 2. The van der Waals surface area contributed by atoms with Gasteiger partial charge in [0.1, 0.15) is 6.61 Å². The Morgan fingerprint density at radius 2 is 0.925 bits per heavy atom. The molecule has 0 amide bonds. The number of carbonyl (C=O) groups excluding carboxylic acids is 2. The number of ether oxygens (including phenoxy) is 2. The molecule has 0 radical (unpaired) electrons. The number of unbranched alkanes of at least 4 members (excludes halogenated alkanes) is 24. The number of nitriles is 1. The third kappa shape index (κ3) is 33.8. The Labute approximate surface area is 329 Å². The van der Waals surface area contributed by atoms with Gasteiger partial charge in [-0.2, -0.15) is 5.26 Å². The summed E-state index contributed by atoms with van der Waals surface area (Å²) in [5, 5.41) is 9.06. The molecule has 0 N–H and O–H groups in total. The molecule has 0 aromatic rings. The molecule has 0 rings (SSSR count). The molecule has 8 nitrogen and oxygen atoms in total. The van der Waals surface area contributed by atoms with E-state index in [1.807, 2.05) is 0 Å². The Morgan fingerprint density at radius 1 is 0.547 bits per heavy atom. The monoisotopic (exact) mass is 769 g/mol. The minimum Gasteiger partial charge on any atom is -0.462 e. The second-order valence-corrected chi connectivity index (χ2v) is 17.1. The van der Waals surface area contributed by atoms with Crippen molar-refractivity contribution in [1.82, 2.24) is 4.67 Å². The maximum atomic E-state index is 12.9. The Hall–Kier alpha value is -1.26. The molecular formula is C44H85N2O6P. The molecule has 53 heavy (non-hydrogen) atoms. The highest BCUT2D eigenvalue weighted by Crippen LogP contribution is 2.46. The maximum Gasteiger partial charge on any atom is 0.306 e. The summed E-state index contributed by atoms with van der Waals surface area (Å²) in [6.45, 7) is 13.1. The summed E-state index contributed by atoms with van der Waals surface area (Å²) in [5.41, 5.74) is 0. The summed E-state index contributed by atoms with van der Waals surface area (Å²) in [6.07, 6.45) is 32.8. The normalized spacial score (nSPS) is 12.8. The van der Waals surface area contributed by atoms with Crippen molar-refractivity contribution in [2.75, 3.05) is 19.8 Å². The van der Waals surface area contributed by atoms with Crippen LogP contribution in [0.4, 0.5) is 0 Å². The van der Waals surface area contributed by atoms with Gasteiger partial charge >= 0.3 is 11.9 Å². The summed E-state index contributed by atoms with van der Waals surface area (Å²) >= 11 is 0. The summed E-state index contributed by atoms with van der Waals surface area (Å²) in [7, 11) is -1.50. The van der Waals surface area contributed by atoms with Crippen molar-refractivity contribution in [2.45, 2.75) is 246 Å². The van der Waals surface area contributed by atoms with Crippen molar-refractivity contribution >= 4 is 20.5 Å². The van der Waals surface area contributed by atoms with Crippen LogP contribution in [0.2, 0.25) is 0 Å². The zero-order valence-corrected chi connectivity index (χ0v) is 36.5. The number of hydrogen-bond acceptors (Lipinski definition) is 8. The molecule has 0 aliphatic heterocycles. The predicted molar refractivity (Wildman–Crippen MR) is 223 cm³/mol. The van der Waals surface area contributed by atoms with Crippen LogP contribution >= 0.6 is 8.53 Å². The van der Waals surface area contributed by atoms with Crippen LogP contribution in [0.25, 0.3) is 0 Å². The van der Waals surface area contributed by atoms with Gasteiger partial charge in [-0.25, -0.2) is 4.67 Å². The van der Waals surface area contributed by atoms with Gasteiger partial charge in [0.05, 0.1) is 25.7 Å². The molecule has 0 aromatic heterocycles. The fraction of sp³-hybridized carbons (Fsp3) is 0.932. The quantitative estimate of drug-likeness (QED) is 0.0345. The van der Waals surface area contributed by atoms with Gasteiger partial charge in [0.25, 0.3) is 8.53 Å². The standard InChI is InChI=1S/C44H85N2O6P/c1-7-9-11-13-15-17-19-21-23-25-27-29-31-34-43(47)49-38-42(39-51-53(50-37-33-36-45)46(40(3)4)41(5)6)52-44(48)35-32-30-28-26-24-22-20-18-16-14-12-10-8-2/h40-42H,7-35,37-39H2,1-6H3. The molecule has 0 aromatic carbocycles. The van der Waals surface area contributed by atoms with Crippen LogP contribution in [-0.2, 0) is 28.1 Å². The number of rotatable bonds is 40. The van der Waals surface area contributed by atoms with Crippen LogP contribution < -0.4 is 0 Å². The van der Waals surface area contributed by atoms with E-state index in [1.165, 1.54) is 128 Å². The third-order valence-corrected chi connectivity index (χ3v) is 11.8. The summed E-state index contributed by atoms with van der Waals surface area (Å²) in [4.78, 5) is 25.6. The lowest BCUT2D eigenvalue weighted by atomic mass is 10.0. The highest BCUT2D eigenvalue weighted by Gasteiger charge is 2.29. The largest absolute Gasteiger partial charge is 0.462 e. The average Bonchev–Trinajstić information content (AvgIpc) is 3.12. The second-order valence-electron chi connectivity index (χ2n) is 15.6. The lowest BCUT2D eigenvalue weighted by molar-refractivity contribution is -0.161. The molecule has 2 atom stereocenters. The van der Waals surface area contributed by atoms with Crippen LogP contribution in [0.3, 0.4) is 0 Å². The maximum absolute atomic E-state index is 12.9. The molecule has 0 heterocycles. The highest BCUT2D eigenvalue weighted by molar-refractivity contribution is 7.44. The number of esters is 2. The van der Waals surface area contributed by atoms with Crippen LogP contribution in [0.15, 0.2) is 0 Å². The molecule has 0 saturated carbocycles. The average molecular weight is 769 g/mol. The minimum atomic E-state index is -1.50. The smallest absolute Gasteiger partial charge is 0.306 e. The number of carbonyl (C=O) groups is 2. The summed E-state index contributed by atoms with van der Waals surface area (Å²) in [5.74, 6) is -0.544. The lowest BCUT2D eigenvalue weighted by Gasteiger charge is -2.36. The van der Waals surface area contributed by atoms with E-state index in [0.717, 1.165) is 38.5 Å². The van der Waals surface area contributed by atoms with Gasteiger partial charge in [-0.3, -0.25) is 9.59 Å². The van der Waals surface area contributed by atoms with Gasteiger partial charge in [-0.05, 0) is 40.5 Å². The van der Waals surface area contributed by atoms with Crippen LogP contribution in [0, 0.1) is 11.3 Å². The molecule has 0 saturated heterocycles. The van der Waals surface area contributed by atoms with Gasteiger partial charge < -0.3 is 18.5 Å². The van der Waals surface area contributed by atoms with Crippen LogP contribution in [0.5, 0.6) is 0 Å². The van der Waals surface area contributed by atoms with Crippen molar-refractivity contribution in [1.29, 1.82) is 5.26 Å². The van der Waals surface area contributed by atoms with Crippen molar-refractivity contribution < 1.29 is 28.1 Å². The number of hydrogen-bond donors (Lipinski definition) is 0. The zero-order valence-electron chi connectivity index (χ0n) is 35.7. The molecule has 0 bridgehead atoms. The first-order valence-corrected chi connectivity index (χ1v) is 23.5. The minimum absolute atomic E-state index is 0.0354. The van der Waals surface area contributed by atoms with Gasteiger partial charge in [-0.1, -0.05) is 168 Å². The van der Waals surface area contributed by atoms with Crippen molar-refractivity contribution in [2.24, 2.45) is 0 Å². The van der Waals surface area contributed by atoms with E-state index in [4.69, 9.17) is 23.8 Å². The molecule has 0 aliphatic rings. The summed E-state index contributed by atoms with van der Waals surface area (Å²) in [6, 6.07) is 2.43. The van der Waals surface area contributed by atoms with Crippen molar-refractivity contribution in [3.8, 4) is 6.07 Å². The first kappa shape index (κ1) is 51.7. The van der Waals surface area contributed by atoms with Gasteiger partial charge in [0.15, 0.2) is 6.10 Å².